The molecular formula is C27H40O3. The first-order valence-corrected chi connectivity index (χ1v) is 12.2. The second-order valence-corrected chi connectivity index (χ2v) is 12.3. The van der Waals surface area contributed by atoms with Crippen molar-refractivity contribution in [3.63, 3.8) is 0 Å². The lowest BCUT2D eigenvalue weighted by Gasteiger charge is -2.69. The van der Waals surface area contributed by atoms with Crippen molar-refractivity contribution in [2.75, 3.05) is 0 Å². The number of benzene rings is 1. The van der Waals surface area contributed by atoms with Crippen molar-refractivity contribution in [3.8, 4) is 11.5 Å². The van der Waals surface area contributed by atoms with Gasteiger partial charge in [-0.2, -0.15) is 0 Å². The van der Waals surface area contributed by atoms with E-state index >= 15 is 0 Å². The van der Waals surface area contributed by atoms with E-state index in [9.17, 15) is 10.2 Å². The minimum atomic E-state index is -0.189. The zero-order chi connectivity index (χ0) is 21.7. The molecule has 166 valence electrons. The maximum atomic E-state index is 10.8. The molecule has 1 aliphatic heterocycles. The summed E-state index contributed by atoms with van der Waals surface area (Å²) in [5.41, 5.74) is 2.39. The predicted molar refractivity (Wildman–Crippen MR) is 120 cm³/mol. The van der Waals surface area contributed by atoms with Crippen LogP contribution in [0.15, 0.2) is 12.1 Å². The Kier molecular flexibility index (Phi) is 4.26. The van der Waals surface area contributed by atoms with E-state index in [4.69, 9.17) is 4.74 Å². The Bertz CT molecular complexity index is 875. The topological polar surface area (TPSA) is 49.7 Å². The number of aromatic hydroxyl groups is 1. The molecule has 5 rings (SSSR count). The minimum absolute atomic E-state index is 0.0214. The average Bonchev–Trinajstić information content (AvgIpc) is 3.05. The van der Waals surface area contributed by atoms with Crippen molar-refractivity contribution < 1.29 is 14.9 Å². The summed E-state index contributed by atoms with van der Waals surface area (Å²) in [6.45, 7) is 14.1. The molecule has 0 aromatic heterocycles. The fraction of sp³-hybridized carbons (Fsp3) is 0.778. The highest BCUT2D eigenvalue weighted by Crippen LogP contribution is 2.71. The van der Waals surface area contributed by atoms with E-state index in [0.29, 0.717) is 23.5 Å². The molecule has 0 radical (unpaired) electrons. The highest BCUT2D eigenvalue weighted by molar-refractivity contribution is 5.51. The number of ether oxygens (including phenoxy) is 1. The van der Waals surface area contributed by atoms with Crippen LogP contribution in [0.2, 0.25) is 0 Å². The van der Waals surface area contributed by atoms with Crippen molar-refractivity contribution in [1.82, 2.24) is 0 Å². The van der Waals surface area contributed by atoms with Crippen LogP contribution in [0.4, 0.5) is 0 Å². The first kappa shape index (κ1) is 20.7. The zero-order valence-electron chi connectivity index (χ0n) is 19.7. The molecule has 1 aromatic carbocycles. The average molecular weight is 413 g/mol. The number of aliphatic hydroxyl groups is 1. The molecule has 2 N–H and O–H groups in total. The van der Waals surface area contributed by atoms with Crippen LogP contribution in [-0.4, -0.2) is 21.9 Å². The molecule has 3 aliphatic carbocycles. The van der Waals surface area contributed by atoms with Gasteiger partial charge in [0.25, 0.3) is 0 Å². The number of aliphatic hydroxyl groups excluding tert-OH is 1. The number of phenols is 1. The van der Waals surface area contributed by atoms with Crippen molar-refractivity contribution in [2.24, 2.45) is 34.0 Å². The summed E-state index contributed by atoms with van der Waals surface area (Å²) in [6.07, 6.45) is 7.58. The van der Waals surface area contributed by atoms with Gasteiger partial charge in [-0.1, -0.05) is 34.6 Å². The molecule has 0 bridgehead atoms. The van der Waals surface area contributed by atoms with Gasteiger partial charge in [0.05, 0.1) is 6.10 Å². The summed E-state index contributed by atoms with van der Waals surface area (Å²) in [7, 11) is 0. The van der Waals surface area contributed by atoms with E-state index in [2.05, 4.69) is 41.5 Å². The maximum Gasteiger partial charge on any atom is 0.126 e. The number of aryl methyl sites for hydroxylation is 1. The SMILES string of the molecule is Cc1cc(O)cc2c1O[C@@]1(C2)[C@@H](C)CCC2C3(C)CCC(O)C(C)(C)[C@@H]3CCC21C. The Balaban J connectivity index is 1.59. The molecule has 4 aliphatic rings. The quantitative estimate of drug-likeness (QED) is 0.547. The van der Waals surface area contributed by atoms with Crippen molar-refractivity contribution in [3.05, 3.63) is 23.3 Å². The van der Waals surface area contributed by atoms with E-state index in [1.165, 1.54) is 24.8 Å². The summed E-state index contributed by atoms with van der Waals surface area (Å²) < 4.78 is 7.04. The number of hydrogen-bond donors (Lipinski definition) is 2. The maximum absolute atomic E-state index is 10.8. The van der Waals surface area contributed by atoms with Crippen LogP contribution in [0.25, 0.3) is 0 Å². The molecule has 30 heavy (non-hydrogen) atoms. The fourth-order valence-corrected chi connectivity index (χ4v) is 9.11. The van der Waals surface area contributed by atoms with Gasteiger partial charge in [-0.15, -0.1) is 0 Å². The highest BCUT2D eigenvalue weighted by atomic mass is 16.5. The minimum Gasteiger partial charge on any atom is -0.508 e. The summed E-state index contributed by atoms with van der Waals surface area (Å²) in [5, 5.41) is 21.0. The summed E-state index contributed by atoms with van der Waals surface area (Å²) >= 11 is 0. The van der Waals surface area contributed by atoms with Gasteiger partial charge >= 0.3 is 0 Å². The van der Waals surface area contributed by atoms with Gasteiger partial charge in [-0.25, -0.2) is 0 Å². The molecule has 0 saturated heterocycles. The Morgan fingerprint density at radius 3 is 2.43 bits per heavy atom. The van der Waals surface area contributed by atoms with Crippen molar-refractivity contribution in [2.45, 2.75) is 98.2 Å². The third-order valence-corrected chi connectivity index (χ3v) is 10.8. The van der Waals surface area contributed by atoms with Gasteiger partial charge in [-0.3, -0.25) is 0 Å². The van der Waals surface area contributed by atoms with Gasteiger partial charge < -0.3 is 14.9 Å². The number of hydrogen-bond acceptors (Lipinski definition) is 3. The molecule has 3 fully saturated rings. The van der Waals surface area contributed by atoms with E-state index in [1.807, 2.05) is 12.1 Å². The highest BCUT2D eigenvalue weighted by Gasteiger charge is 2.69. The summed E-state index contributed by atoms with van der Waals surface area (Å²) in [6, 6.07) is 3.78. The first-order valence-electron chi connectivity index (χ1n) is 12.2. The number of rotatable bonds is 0. The number of phenolic OH excluding ortho intramolecular Hbond substituents is 1. The van der Waals surface area contributed by atoms with Crippen LogP contribution in [0, 0.1) is 40.9 Å². The summed E-state index contributed by atoms with van der Waals surface area (Å²) in [4.78, 5) is 0. The number of fused-ring (bicyclic) bond motifs is 5. The normalized spacial score (nSPS) is 46.6. The molecule has 1 heterocycles. The van der Waals surface area contributed by atoms with Gasteiger partial charge in [-0.05, 0) is 91.7 Å². The Morgan fingerprint density at radius 1 is 0.967 bits per heavy atom. The third kappa shape index (κ3) is 2.36. The molecule has 1 spiro atoms. The lowest BCUT2D eigenvalue weighted by atomic mass is 9.37. The van der Waals surface area contributed by atoms with E-state index < -0.39 is 0 Å². The smallest absolute Gasteiger partial charge is 0.126 e. The van der Waals surface area contributed by atoms with Crippen LogP contribution in [-0.2, 0) is 6.42 Å². The van der Waals surface area contributed by atoms with Crippen molar-refractivity contribution >= 4 is 0 Å². The fourth-order valence-electron chi connectivity index (χ4n) is 9.11. The van der Waals surface area contributed by atoms with E-state index in [1.54, 1.807) is 0 Å². The predicted octanol–water partition coefficient (Wildman–Crippen LogP) is 6.02. The Labute approximate surface area is 182 Å². The van der Waals surface area contributed by atoms with Gasteiger partial charge in [0.2, 0.25) is 0 Å². The van der Waals surface area contributed by atoms with Crippen LogP contribution >= 0.6 is 0 Å². The van der Waals surface area contributed by atoms with Gasteiger partial charge in [0.1, 0.15) is 17.1 Å². The molecule has 0 amide bonds. The molecule has 7 atom stereocenters. The van der Waals surface area contributed by atoms with Crippen LogP contribution in [0.5, 0.6) is 11.5 Å². The monoisotopic (exact) mass is 412 g/mol. The Hall–Kier alpha value is -1.22. The summed E-state index contributed by atoms with van der Waals surface area (Å²) in [5.74, 6) is 3.04. The van der Waals surface area contributed by atoms with Crippen LogP contribution < -0.4 is 4.74 Å². The first-order chi connectivity index (χ1) is 14.0. The molecule has 1 aromatic rings. The molecule has 4 unspecified atom stereocenters. The second kappa shape index (κ2) is 6.18. The lowest BCUT2D eigenvalue weighted by molar-refractivity contribution is -0.238. The van der Waals surface area contributed by atoms with E-state index in [-0.39, 0.29) is 27.9 Å². The zero-order valence-corrected chi connectivity index (χ0v) is 19.7. The molecular weight excluding hydrogens is 372 g/mol. The third-order valence-electron chi connectivity index (χ3n) is 10.8. The van der Waals surface area contributed by atoms with Crippen molar-refractivity contribution in [1.29, 1.82) is 0 Å². The molecule has 3 heteroatoms. The van der Waals surface area contributed by atoms with Crippen LogP contribution in [0.3, 0.4) is 0 Å². The molecule has 3 nitrogen and oxygen atoms in total. The van der Waals surface area contributed by atoms with Crippen LogP contribution in [0.1, 0.15) is 84.3 Å². The second-order valence-electron chi connectivity index (χ2n) is 12.3. The Morgan fingerprint density at radius 2 is 1.70 bits per heavy atom. The van der Waals surface area contributed by atoms with Gasteiger partial charge in [0.15, 0.2) is 0 Å². The lowest BCUT2D eigenvalue weighted by Crippen LogP contribution is -2.68. The largest absolute Gasteiger partial charge is 0.508 e. The van der Waals surface area contributed by atoms with Gasteiger partial charge in [0, 0.05) is 17.4 Å². The van der Waals surface area contributed by atoms with E-state index in [0.717, 1.165) is 37.0 Å². The standard InChI is InChI=1S/C27H40O3/c1-16-13-19(28)14-18-15-27(30-23(16)18)17(2)7-8-21-25(5)11-10-22(29)24(3,4)20(25)9-12-26(21,27)6/h13-14,17,20-22,28-29H,7-12,15H2,1-6H3/t17-,20-,21?,22?,25?,26?,27-/m0/s1. The molecule has 3 saturated carbocycles.